The number of amides is 3. The summed E-state index contributed by atoms with van der Waals surface area (Å²) in [6.07, 6.45) is 3.53. The number of aromatic nitrogens is 1. The van der Waals surface area contributed by atoms with Crippen LogP contribution in [0.1, 0.15) is 30.6 Å². The Labute approximate surface area is 147 Å². The Morgan fingerprint density at radius 2 is 1.80 bits per heavy atom. The van der Waals surface area contributed by atoms with Crippen molar-refractivity contribution >= 4 is 17.7 Å². The van der Waals surface area contributed by atoms with Crippen LogP contribution in [0.4, 0.5) is 0 Å². The zero-order valence-corrected chi connectivity index (χ0v) is 14.7. The first-order chi connectivity index (χ1) is 11.9. The number of hydrogen-bond acceptors (Lipinski definition) is 4. The molecule has 3 heterocycles. The Hall–Kier alpha value is -2.44. The summed E-state index contributed by atoms with van der Waals surface area (Å²) in [5.41, 5.74) is 0.159. The fourth-order valence-electron chi connectivity index (χ4n) is 3.64. The highest BCUT2D eigenvalue weighted by molar-refractivity contribution is 5.94. The Morgan fingerprint density at radius 1 is 1.16 bits per heavy atom. The summed E-state index contributed by atoms with van der Waals surface area (Å²) in [4.78, 5) is 44.8. The van der Waals surface area contributed by atoms with E-state index in [0.29, 0.717) is 44.7 Å². The fourth-order valence-corrected chi connectivity index (χ4v) is 3.64. The molecule has 0 saturated carbocycles. The van der Waals surface area contributed by atoms with Gasteiger partial charge in [0.05, 0.1) is 0 Å². The van der Waals surface area contributed by atoms with Crippen LogP contribution in [-0.4, -0.2) is 65.2 Å². The van der Waals surface area contributed by atoms with E-state index >= 15 is 0 Å². The minimum Gasteiger partial charge on any atom is -0.355 e. The lowest BCUT2D eigenvalue weighted by Gasteiger charge is -2.33. The molecule has 0 bridgehead atoms. The van der Waals surface area contributed by atoms with Crippen LogP contribution in [0.5, 0.6) is 0 Å². The zero-order chi connectivity index (χ0) is 18.0. The predicted molar refractivity (Wildman–Crippen MR) is 91.6 cm³/mol. The van der Waals surface area contributed by atoms with E-state index in [-0.39, 0.29) is 23.6 Å². The summed E-state index contributed by atoms with van der Waals surface area (Å²) >= 11 is 0. The molecule has 3 amide bonds. The molecule has 2 aliphatic heterocycles. The van der Waals surface area contributed by atoms with E-state index in [1.165, 1.54) is 0 Å². The van der Waals surface area contributed by atoms with Gasteiger partial charge in [0, 0.05) is 68.4 Å². The summed E-state index contributed by atoms with van der Waals surface area (Å²) in [6.45, 7) is 6.17. The molecule has 2 saturated heterocycles. The molecule has 0 aliphatic carbocycles. The molecular weight excluding hydrogens is 320 g/mol. The van der Waals surface area contributed by atoms with Gasteiger partial charge in [0.1, 0.15) is 0 Å². The van der Waals surface area contributed by atoms with E-state index in [4.69, 9.17) is 0 Å². The van der Waals surface area contributed by atoms with Crippen molar-refractivity contribution in [1.29, 1.82) is 0 Å². The van der Waals surface area contributed by atoms with E-state index < -0.39 is 5.41 Å². The van der Waals surface area contributed by atoms with Gasteiger partial charge in [-0.1, -0.05) is 13.8 Å². The third kappa shape index (κ3) is 3.65. The third-order valence-electron chi connectivity index (χ3n) is 4.91. The van der Waals surface area contributed by atoms with Crippen molar-refractivity contribution in [3.8, 4) is 0 Å². The van der Waals surface area contributed by atoms with Crippen LogP contribution in [0.2, 0.25) is 0 Å². The van der Waals surface area contributed by atoms with Gasteiger partial charge in [0.25, 0.3) is 5.91 Å². The number of pyridine rings is 1. The van der Waals surface area contributed by atoms with Gasteiger partial charge in [-0.05, 0) is 12.1 Å². The first-order valence-corrected chi connectivity index (χ1v) is 8.65. The van der Waals surface area contributed by atoms with Crippen molar-refractivity contribution in [3.63, 3.8) is 0 Å². The van der Waals surface area contributed by atoms with E-state index in [1.807, 2.05) is 18.7 Å². The van der Waals surface area contributed by atoms with Crippen LogP contribution < -0.4 is 5.32 Å². The summed E-state index contributed by atoms with van der Waals surface area (Å²) < 4.78 is 0. The maximum atomic E-state index is 12.9. The third-order valence-corrected chi connectivity index (χ3v) is 4.91. The SMILES string of the molecule is CC(C)C(=O)N1CCN(C(=O)c2ccncc2)CC2(CNC(=O)C2)C1. The average molecular weight is 344 g/mol. The second kappa shape index (κ2) is 6.82. The lowest BCUT2D eigenvalue weighted by Crippen LogP contribution is -2.45. The largest absolute Gasteiger partial charge is 0.355 e. The lowest BCUT2D eigenvalue weighted by atomic mass is 9.85. The minimum atomic E-state index is -0.416. The summed E-state index contributed by atoms with van der Waals surface area (Å²) in [5, 5.41) is 2.87. The highest BCUT2D eigenvalue weighted by Gasteiger charge is 2.45. The van der Waals surface area contributed by atoms with Crippen molar-refractivity contribution in [2.75, 3.05) is 32.7 Å². The number of hydrogen-bond donors (Lipinski definition) is 1. The molecule has 1 N–H and O–H groups in total. The molecule has 2 aliphatic rings. The quantitative estimate of drug-likeness (QED) is 0.848. The predicted octanol–water partition coefficient (Wildman–Crippen LogP) is 0.528. The standard InChI is InChI=1S/C18H24N4O3/c1-13(2)16(24)21-7-8-22(17(25)14-3-5-19-6-4-14)12-18(11-21)9-15(23)20-10-18/h3-6,13H,7-12H2,1-2H3,(H,20,23). The average Bonchev–Trinajstić information content (AvgIpc) is 2.86. The fraction of sp³-hybridized carbons (Fsp3) is 0.556. The molecule has 3 rings (SSSR count). The molecule has 134 valence electrons. The molecule has 2 fully saturated rings. The maximum Gasteiger partial charge on any atom is 0.254 e. The van der Waals surface area contributed by atoms with Crippen LogP contribution in [0, 0.1) is 11.3 Å². The normalized spacial score (nSPS) is 23.7. The molecule has 7 heteroatoms. The highest BCUT2D eigenvalue weighted by Crippen LogP contribution is 2.31. The minimum absolute atomic E-state index is 0.0184. The Balaban J connectivity index is 1.86. The van der Waals surface area contributed by atoms with E-state index in [9.17, 15) is 14.4 Å². The maximum absolute atomic E-state index is 12.9. The number of nitrogens with one attached hydrogen (secondary N) is 1. The summed E-state index contributed by atoms with van der Waals surface area (Å²) in [5.74, 6) is -0.142. The first kappa shape index (κ1) is 17.4. The molecule has 1 aromatic rings. The highest BCUT2D eigenvalue weighted by atomic mass is 16.2. The van der Waals surface area contributed by atoms with Gasteiger partial charge >= 0.3 is 0 Å². The van der Waals surface area contributed by atoms with E-state index in [1.54, 1.807) is 29.4 Å². The molecule has 0 aromatic carbocycles. The van der Waals surface area contributed by atoms with E-state index in [0.717, 1.165) is 0 Å². The first-order valence-electron chi connectivity index (χ1n) is 8.65. The van der Waals surface area contributed by atoms with Gasteiger partial charge in [-0.3, -0.25) is 19.4 Å². The van der Waals surface area contributed by atoms with Crippen LogP contribution in [-0.2, 0) is 9.59 Å². The van der Waals surface area contributed by atoms with Gasteiger partial charge in [0.15, 0.2) is 0 Å². The van der Waals surface area contributed by atoms with E-state index in [2.05, 4.69) is 10.3 Å². The number of carbonyl (C=O) groups is 3. The Morgan fingerprint density at radius 3 is 2.40 bits per heavy atom. The molecular formula is C18H24N4O3. The lowest BCUT2D eigenvalue weighted by molar-refractivity contribution is -0.135. The zero-order valence-electron chi connectivity index (χ0n) is 14.7. The van der Waals surface area contributed by atoms with Crippen LogP contribution >= 0.6 is 0 Å². The van der Waals surface area contributed by atoms with Gasteiger partial charge < -0.3 is 15.1 Å². The molecule has 7 nitrogen and oxygen atoms in total. The van der Waals surface area contributed by atoms with Crippen molar-refractivity contribution < 1.29 is 14.4 Å². The Kier molecular flexibility index (Phi) is 4.74. The van der Waals surface area contributed by atoms with Crippen molar-refractivity contribution in [2.24, 2.45) is 11.3 Å². The van der Waals surface area contributed by atoms with Gasteiger partial charge in [0.2, 0.25) is 11.8 Å². The second-order valence-corrected chi connectivity index (χ2v) is 7.33. The van der Waals surface area contributed by atoms with Gasteiger partial charge in [-0.25, -0.2) is 0 Å². The summed E-state index contributed by atoms with van der Waals surface area (Å²) in [6, 6.07) is 3.38. The molecule has 1 spiro atoms. The van der Waals surface area contributed by atoms with Gasteiger partial charge in [-0.2, -0.15) is 0 Å². The topological polar surface area (TPSA) is 82.6 Å². The number of nitrogens with zero attached hydrogens (tertiary/aromatic N) is 3. The van der Waals surface area contributed by atoms with Gasteiger partial charge in [-0.15, -0.1) is 0 Å². The number of carbonyl (C=O) groups excluding carboxylic acids is 3. The molecule has 0 radical (unpaired) electrons. The van der Waals surface area contributed by atoms with Crippen molar-refractivity contribution in [3.05, 3.63) is 30.1 Å². The molecule has 1 aromatic heterocycles. The smallest absolute Gasteiger partial charge is 0.254 e. The van der Waals surface area contributed by atoms with Crippen LogP contribution in [0.25, 0.3) is 0 Å². The van der Waals surface area contributed by atoms with Crippen molar-refractivity contribution in [1.82, 2.24) is 20.1 Å². The van der Waals surface area contributed by atoms with Crippen LogP contribution in [0.3, 0.4) is 0 Å². The monoisotopic (exact) mass is 344 g/mol. The molecule has 25 heavy (non-hydrogen) atoms. The van der Waals surface area contributed by atoms with Crippen LogP contribution in [0.15, 0.2) is 24.5 Å². The molecule has 1 atom stereocenters. The Bertz CT molecular complexity index is 676. The number of rotatable bonds is 2. The summed E-state index contributed by atoms with van der Waals surface area (Å²) in [7, 11) is 0. The second-order valence-electron chi connectivity index (χ2n) is 7.33. The molecule has 1 unspecified atom stereocenters. The van der Waals surface area contributed by atoms with Crippen molar-refractivity contribution in [2.45, 2.75) is 20.3 Å².